The third-order valence-electron chi connectivity index (χ3n) is 13.6. The lowest BCUT2D eigenvalue weighted by molar-refractivity contribution is 0.115. The molecule has 0 bridgehead atoms. The molecule has 2 aliphatic heterocycles. The number of hydrogen-bond acceptors (Lipinski definition) is 12. The van der Waals surface area contributed by atoms with Gasteiger partial charge >= 0.3 is 0 Å². The van der Waals surface area contributed by atoms with Gasteiger partial charge < -0.3 is 43.6 Å². The maximum atomic E-state index is 14.2. The summed E-state index contributed by atoms with van der Waals surface area (Å²) in [6.45, 7) is 6.81. The first-order chi connectivity index (χ1) is 35.2. The molecule has 0 atom stereocenters. The monoisotopic (exact) mass is 967 g/mol. The summed E-state index contributed by atoms with van der Waals surface area (Å²) in [5, 5.41) is 14.9. The summed E-state index contributed by atoms with van der Waals surface area (Å²) in [5.74, 6) is 2.74. The lowest BCUT2D eigenvalue weighted by atomic mass is 10.1. The summed E-state index contributed by atoms with van der Waals surface area (Å²) < 4.78 is 50.5. The molecule has 72 heavy (non-hydrogen) atoms. The zero-order valence-corrected chi connectivity index (χ0v) is 40.4. The van der Waals surface area contributed by atoms with Gasteiger partial charge in [-0.25, -0.2) is 28.7 Å². The van der Waals surface area contributed by atoms with Crippen molar-refractivity contribution in [2.24, 2.45) is 0 Å². The minimum atomic E-state index is -0.547. The van der Waals surface area contributed by atoms with Crippen LogP contribution in [0, 0.1) is 18.6 Å². The fraction of sp³-hybridized carbons (Fsp3) is 0.268. The van der Waals surface area contributed by atoms with Crippen LogP contribution in [-0.4, -0.2) is 96.5 Å². The van der Waals surface area contributed by atoms with E-state index in [1.165, 1.54) is 18.2 Å². The second kappa shape index (κ2) is 20.4. The van der Waals surface area contributed by atoms with Crippen LogP contribution in [0.5, 0.6) is 11.5 Å². The van der Waals surface area contributed by atoms with Crippen LogP contribution in [0.1, 0.15) is 42.7 Å². The van der Waals surface area contributed by atoms with Gasteiger partial charge in [0.15, 0.2) is 0 Å². The van der Waals surface area contributed by atoms with E-state index in [1.807, 2.05) is 84.4 Å². The molecule has 0 unspecified atom stereocenters. The number of piperidine rings is 2. The van der Waals surface area contributed by atoms with Crippen molar-refractivity contribution in [2.75, 3.05) is 50.9 Å². The Labute approximate surface area is 415 Å². The van der Waals surface area contributed by atoms with Crippen LogP contribution in [0.3, 0.4) is 0 Å². The second-order valence-corrected chi connectivity index (χ2v) is 18.8. The van der Waals surface area contributed by atoms with E-state index in [1.54, 1.807) is 12.7 Å². The van der Waals surface area contributed by atoms with Crippen molar-refractivity contribution in [3.8, 4) is 11.5 Å². The highest BCUT2D eigenvalue weighted by atomic mass is 19.1. The molecule has 0 saturated carbocycles. The maximum Gasteiger partial charge on any atom is 0.145 e. The van der Waals surface area contributed by atoms with Gasteiger partial charge in [-0.3, -0.25) is 0 Å². The summed E-state index contributed by atoms with van der Waals surface area (Å²) in [7, 11) is 4.29. The van der Waals surface area contributed by atoms with Gasteiger partial charge in [0.05, 0.1) is 34.9 Å². The van der Waals surface area contributed by atoms with Crippen molar-refractivity contribution >= 4 is 66.6 Å². The number of nitrogens with one attached hydrogen (secondary N) is 2. The van der Waals surface area contributed by atoms with Crippen LogP contribution in [0.25, 0.3) is 43.6 Å². The van der Waals surface area contributed by atoms with Crippen LogP contribution >= 0.6 is 0 Å². The van der Waals surface area contributed by atoms with Crippen molar-refractivity contribution < 1.29 is 22.8 Å². The Hall–Kier alpha value is -7.95. The molecule has 12 rings (SSSR count). The Morgan fingerprint density at radius 1 is 0.583 bits per heavy atom. The van der Waals surface area contributed by atoms with Gasteiger partial charge in [-0.05, 0) is 132 Å². The number of ether oxygens (including phenoxy) is 2. The first-order valence-corrected chi connectivity index (χ1v) is 24.4. The Morgan fingerprint density at radius 3 is 1.56 bits per heavy atom. The maximum absolute atomic E-state index is 14.2. The molecular weight excluding hydrogens is 913 g/mol. The van der Waals surface area contributed by atoms with E-state index < -0.39 is 11.6 Å². The number of fused-ring (bicyclic) bond motifs is 4. The zero-order valence-electron chi connectivity index (χ0n) is 40.4. The fourth-order valence-corrected chi connectivity index (χ4v) is 9.73. The summed E-state index contributed by atoms with van der Waals surface area (Å²) >= 11 is 0. The van der Waals surface area contributed by atoms with E-state index in [4.69, 9.17) is 14.0 Å². The molecule has 2 fully saturated rings. The first-order valence-electron chi connectivity index (χ1n) is 24.4. The Bertz CT molecular complexity index is 3490. The van der Waals surface area contributed by atoms with Gasteiger partial charge in [0.1, 0.15) is 71.1 Å². The van der Waals surface area contributed by atoms with E-state index in [-0.39, 0.29) is 24.3 Å². The summed E-state index contributed by atoms with van der Waals surface area (Å²) in [4.78, 5) is 22.7. The number of likely N-dealkylation sites (tertiary alicyclic amines) is 2. The van der Waals surface area contributed by atoms with Crippen LogP contribution in [-0.2, 0) is 13.1 Å². The fourth-order valence-electron chi connectivity index (χ4n) is 9.73. The average molecular weight is 968 g/mol. The highest BCUT2D eigenvalue weighted by Crippen LogP contribution is 2.36. The van der Waals surface area contributed by atoms with Crippen LogP contribution in [0.2, 0.25) is 0 Å². The molecular formula is C56H55F2N11O3. The van der Waals surface area contributed by atoms with Crippen LogP contribution < -0.4 is 20.1 Å². The molecule has 2 aliphatic rings. The molecule has 0 radical (unpaired) electrons. The molecule has 0 aliphatic carbocycles. The average Bonchev–Trinajstić information content (AvgIpc) is 4.12. The van der Waals surface area contributed by atoms with Gasteiger partial charge in [-0.15, -0.1) is 0 Å². The number of aryl methyl sites for hydroxylation is 1. The molecule has 2 N–H and O–H groups in total. The van der Waals surface area contributed by atoms with Crippen LogP contribution in [0.4, 0.5) is 31.8 Å². The van der Waals surface area contributed by atoms with Crippen molar-refractivity contribution in [1.82, 2.24) is 44.0 Å². The van der Waals surface area contributed by atoms with Gasteiger partial charge in [-0.1, -0.05) is 23.4 Å². The molecule has 2 saturated heterocycles. The SMILES string of the molecule is CN1CCC(Oc2cccc3ncnc(Nc4ccc5c(ccn5Cc5c(F)cccc5F)c4)c23)CC1.Cc1cc(Cn2ccc3cc(Nc4ncnc5cccc(OC6CCN(C)CC6)c45)ccc32)no1. The number of nitrogens with zero attached hydrogens (tertiary/aromatic N) is 9. The number of anilines is 4. The van der Waals surface area contributed by atoms with Gasteiger partial charge in [0.25, 0.3) is 0 Å². The molecule has 14 nitrogen and oxygen atoms in total. The minimum Gasteiger partial charge on any atom is -0.489 e. The Kier molecular flexibility index (Phi) is 13.2. The zero-order chi connectivity index (χ0) is 49.1. The molecule has 7 heterocycles. The third kappa shape index (κ3) is 10.1. The van der Waals surface area contributed by atoms with Gasteiger partial charge in [0, 0.05) is 83.4 Å². The number of halogens is 2. The van der Waals surface area contributed by atoms with Gasteiger partial charge in [0.2, 0.25) is 0 Å². The number of aromatic nitrogens is 7. The number of rotatable bonds is 12. The summed E-state index contributed by atoms with van der Waals surface area (Å²) in [6.07, 6.45) is 11.4. The van der Waals surface area contributed by atoms with E-state index >= 15 is 0 Å². The number of benzene rings is 5. The third-order valence-corrected chi connectivity index (χ3v) is 13.6. The van der Waals surface area contributed by atoms with E-state index in [0.717, 1.165) is 136 Å². The second-order valence-electron chi connectivity index (χ2n) is 18.8. The van der Waals surface area contributed by atoms with E-state index in [0.29, 0.717) is 12.4 Å². The summed E-state index contributed by atoms with van der Waals surface area (Å²) in [5.41, 5.74) is 6.45. The van der Waals surface area contributed by atoms with E-state index in [2.05, 4.69) is 94.7 Å². The van der Waals surface area contributed by atoms with Crippen molar-refractivity contribution in [3.05, 3.63) is 163 Å². The Morgan fingerprint density at radius 2 is 1.07 bits per heavy atom. The predicted octanol–water partition coefficient (Wildman–Crippen LogP) is 11.3. The molecule has 16 heteroatoms. The summed E-state index contributed by atoms with van der Waals surface area (Å²) in [6, 6.07) is 34.0. The highest BCUT2D eigenvalue weighted by molar-refractivity contribution is 5.98. The van der Waals surface area contributed by atoms with Crippen molar-refractivity contribution in [2.45, 2.75) is 57.9 Å². The molecule has 10 aromatic rings. The van der Waals surface area contributed by atoms with Gasteiger partial charge in [-0.2, -0.15) is 0 Å². The molecule has 0 spiro atoms. The lowest BCUT2D eigenvalue weighted by Gasteiger charge is -2.29. The molecule has 366 valence electrons. The quantitative estimate of drug-likeness (QED) is 0.121. The topological polar surface area (TPSA) is 136 Å². The standard InChI is InChI=1S/C29H27F2N5O.C27H28N6O2/c1-35-13-11-21(12-14-35)37-27-7-3-6-25-28(27)29(33-18-32-25)34-20-8-9-26-19(16-20)10-15-36(26)17-22-23(30)4-2-5-24(22)31;1-18-14-21(31-35-18)16-33-13-8-19-15-20(6-7-24(19)33)30-27-26-23(28-17-29-27)4-3-5-25(26)34-22-9-11-32(2)12-10-22/h2-10,15-16,18,21H,11-14,17H2,1H3,(H,32,33,34);3-8,13-15,17,22H,9-12,16H2,1-2H3,(H,28,29,30). The molecule has 0 amide bonds. The van der Waals surface area contributed by atoms with Crippen molar-refractivity contribution in [3.63, 3.8) is 0 Å². The van der Waals surface area contributed by atoms with E-state index in [9.17, 15) is 8.78 Å². The highest BCUT2D eigenvalue weighted by Gasteiger charge is 2.22. The lowest BCUT2D eigenvalue weighted by Crippen LogP contribution is -2.35. The van der Waals surface area contributed by atoms with Crippen molar-refractivity contribution in [1.29, 1.82) is 0 Å². The normalized spacial score (nSPS) is 15.0. The largest absolute Gasteiger partial charge is 0.489 e. The number of hydrogen-bond donors (Lipinski definition) is 2. The smallest absolute Gasteiger partial charge is 0.145 e. The molecule has 5 aromatic carbocycles. The minimum absolute atomic E-state index is 0.0480. The van der Waals surface area contributed by atoms with Crippen LogP contribution in [0.15, 0.2) is 139 Å². The predicted molar refractivity (Wildman–Crippen MR) is 278 cm³/mol. The first kappa shape index (κ1) is 46.4. The Balaban J connectivity index is 0.000000156. The molecule has 5 aromatic heterocycles.